The molecular weight excluding hydrogens is 439 g/mol. The molecule has 0 spiro atoms. The molecule has 0 radical (unpaired) electrons. The highest BCUT2D eigenvalue weighted by Gasteiger charge is 2.17. The lowest BCUT2D eigenvalue weighted by atomic mass is 10.2. The van der Waals surface area contributed by atoms with Crippen LogP contribution < -0.4 is 5.56 Å². The van der Waals surface area contributed by atoms with Crippen LogP contribution in [0.15, 0.2) is 52.4 Å². The maximum absolute atomic E-state index is 13.5. The van der Waals surface area contributed by atoms with Crippen LogP contribution in [-0.4, -0.2) is 31.9 Å². The van der Waals surface area contributed by atoms with Gasteiger partial charge in [-0.3, -0.25) is 13.8 Å². The number of halogens is 2. The number of hydrogen-bond acceptors (Lipinski definition) is 5. The number of rotatable bonds is 8. The fourth-order valence-electron chi connectivity index (χ4n) is 3.37. The van der Waals surface area contributed by atoms with E-state index in [0.29, 0.717) is 52.2 Å². The van der Waals surface area contributed by atoms with E-state index in [4.69, 9.17) is 16.3 Å². The van der Waals surface area contributed by atoms with Crippen molar-refractivity contribution in [3.63, 3.8) is 0 Å². The van der Waals surface area contributed by atoms with Crippen LogP contribution in [0.5, 0.6) is 0 Å². The van der Waals surface area contributed by atoms with E-state index in [1.807, 2.05) is 24.3 Å². The average molecular weight is 461 g/mol. The van der Waals surface area contributed by atoms with Gasteiger partial charge in [-0.05, 0) is 56.2 Å². The zero-order valence-corrected chi connectivity index (χ0v) is 18.8. The van der Waals surface area contributed by atoms with E-state index in [1.165, 1.54) is 23.9 Å². The van der Waals surface area contributed by atoms with E-state index in [-0.39, 0.29) is 17.5 Å². The van der Waals surface area contributed by atoms with Crippen LogP contribution >= 0.6 is 23.4 Å². The Hall–Kier alpha value is -2.42. The quantitative estimate of drug-likeness (QED) is 0.275. The molecular formula is C22H22ClFN4O2S. The standard InChI is InChI=1S/C22H22ClFN4O2S/c1-14(2)30-10-4-9-27-20(29)18-8-7-16(23)12-19(18)28-21(27)25-26-22(28)31-13-15-5-3-6-17(24)11-15/h3,5-8,11-12,14H,4,9-10,13H2,1-2H3. The monoisotopic (exact) mass is 460 g/mol. The first-order valence-corrected chi connectivity index (χ1v) is 11.4. The van der Waals surface area contributed by atoms with Gasteiger partial charge in [-0.25, -0.2) is 4.39 Å². The van der Waals surface area contributed by atoms with Gasteiger partial charge in [0, 0.05) is 23.9 Å². The molecule has 162 valence electrons. The molecule has 0 bridgehead atoms. The van der Waals surface area contributed by atoms with Crippen molar-refractivity contribution in [3.8, 4) is 0 Å². The van der Waals surface area contributed by atoms with E-state index < -0.39 is 0 Å². The van der Waals surface area contributed by atoms with Crippen LogP contribution in [0, 0.1) is 5.82 Å². The number of nitrogens with zero attached hydrogens (tertiary/aromatic N) is 4. The van der Waals surface area contributed by atoms with Crippen LogP contribution in [-0.2, 0) is 17.0 Å². The second-order valence-corrected chi connectivity index (χ2v) is 8.81. The number of thioether (sulfide) groups is 1. The molecule has 0 saturated carbocycles. The van der Waals surface area contributed by atoms with Gasteiger partial charge in [0.15, 0.2) is 5.16 Å². The van der Waals surface area contributed by atoms with Gasteiger partial charge in [0.1, 0.15) is 5.82 Å². The summed E-state index contributed by atoms with van der Waals surface area (Å²) in [4.78, 5) is 13.2. The molecule has 2 aromatic carbocycles. The van der Waals surface area contributed by atoms with Gasteiger partial charge in [0.25, 0.3) is 5.56 Å². The Morgan fingerprint density at radius 2 is 2.03 bits per heavy atom. The molecule has 0 atom stereocenters. The molecule has 2 heterocycles. The maximum atomic E-state index is 13.5. The van der Waals surface area contributed by atoms with E-state index in [1.54, 1.807) is 28.8 Å². The average Bonchev–Trinajstić information content (AvgIpc) is 3.15. The molecule has 31 heavy (non-hydrogen) atoms. The van der Waals surface area contributed by atoms with Gasteiger partial charge in [0.2, 0.25) is 5.78 Å². The minimum absolute atomic E-state index is 0.134. The third-order valence-electron chi connectivity index (χ3n) is 4.77. The molecule has 0 unspecified atom stereocenters. The molecule has 6 nitrogen and oxygen atoms in total. The molecule has 0 aliphatic carbocycles. The van der Waals surface area contributed by atoms with E-state index >= 15 is 0 Å². The summed E-state index contributed by atoms with van der Waals surface area (Å²) < 4.78 is 22.6. The molecule has 0 fully saturated rings. The smallest absolute Gasteiger partial charge is 0.262 e. The van der Waals surface area contributed by atoms with Crippen molar-refractivity contribution in [1.82, 2.24) is 19.2 Å². The lowest BCUT2D eigenvalue weighted by Gasteiger charge is -2.12. The Bertz CT molecular complexity index is 1290. The van der Waals surface area contributed by atoms with E-state index in [9.17, 15) is 9.18 Å². The fraction of sp³-hybridized carbons (Fsp3) is 0.318. The molecule has 0 aliphatic heterocycles. The second kappa shape index (κ2) is 9.38. The summed E-state index contributed by atoms with van der Waals surface area (Å²) in [5, 5.41) is 10.3. The van der Waals surface area contributed by atoms with Crippen LogP contribution in [0.25, 0.3) is 16.7 Å². The number of aryl methyl sites for hydroxylation is 1. The Balaban J connectivity index is 1.75. The summed E-state index contributed by atoms with van der Waals surface area (Å²) in [6.45, 7) is 4.96. The molecule has 0 N–H and O–H groups in total. The van der Waals surface area contributed by atoms with Crippen molar-refractivity contribution in [2.75, 3.05) is 6.61 Å². The highest BCUT2D eigenvalue weighted by molar-refractivity contribution is 7.98. The predicted molar refractivity (Wildman–Crippen MR) is 121 cm³/mol. The molecule has 4 aromatic rings. The summed E-state index contributed by atoms with van der Waals surface area (Å²) >= 11 is 7.65. The number of ether oxygens (including phenoxy) is 1. The highest BCUT2D eigenvalue weighted by Crippen LogP contribution is 2.26. The fourth-order valence-corrected chi connectivity index (χ4v) is 4.42. The summed E-state index contributed by atoms with van der Waals surface area (Å²) in [5.41, 5.74) is 1.34. The Morgan fingerprint density at radius 1 is 1.19 bits per heavy atom. The first-order valence-electron chi connectivity index (χ1n) is 10.00. The predicted octanol–water partition coefficient (Wildman–Crippen LogP) is 4.94. The summed E-state index contributed by atoms with van der Waals surface area (Å²) in [6.07, 6.45) is 0.806. The lowest BCUT2D eigenvalue weighted by molar-refractivity contribution is 0.0748. The SMILES string of the molecule is CC(C)OCCCn1c(=O)c2ccc(Cl)cc2n2c(SCc3cccc(F)c3)nnc12. The molecule has 4 rings (SSSR count). The first-order chi connectivity index (χ1) is 14.9. The van der Waals surface area contributed by atoms with Crippen molar-refractivity contribution < 1.29 is 9.13 Å². The van der Waals surface area contributed by atoms with Crippen molar-refractivity contribution in [2.45, 2.75) is 43.8 Å². The highest BCUT2D eigenvalue weighted by atomic mass is 35.5. The van der Waals surface area contributed by atoms with Gasteiger partial charge in [-0.15, -0.1) is 10.2 Å². The molecule has 0 saturated heterocycles. The third-order valence-corrected chi connectivity index (χ3v) is 6.00. The zero-order valence-electron chi connectivity index (χ0n) is 17.2. The van der Waals surface area contributed by atoms with Crippen molar-refractivity contribution in [2.24, 2.45) is 0 Å². The molecule has 0 aliphatic rings. The molecule has 0 amide bonds. The van der Waals surface area contributed by atoms with Crippen molar-refractivity contribution in [1.29, 1.82) is 0 Å². The van der Waals surface area contributed by atoms with Gasteiger partial charge in [-0.1, -0.05) is 35.5 Å². The topological polar surface area (TPSA) is 61.4 Å². The van der Waals surface area contributed by atoms with Gasteiger partial charge < -0.3 is 4.74 Å². The first kappa shape index (κ1) is 21.8. The lowest BCUT2D eigenvalue weighted by Crippen LogP contribution is -2.24. The van der Waals surface area contributed by atoms with Gasteiger partial charge >= 0.3 is 0 Å². The van der Waals surface area contributed by atoms with Crippen LogP contribution in [0.2, 0.25) is 5.02 Å². The minimum Gasteiger partial charge on any atom is -0.379 e. The van der Waals surface area contributed by atoms with Crippen LogP contribution in [0.4, 0.5) is 4.39 Å². The van der Waals surface area contributed by atoms with Gasteiger partial charge in [-0.2, -0.15) is 0 Å². The number of aromatic nitrogens is 4. The normalized spacial score (nSPS) is 11.8. The van der Waals surface area contributed by atoms with Gasteiger partial charge in [0.05, 0.1) is 17.0 Å². The largest absolute Gasteiger partial charge is 0.379 e. The molecule has 2 aromatic heterocycles. The number of hydrogen-bond donors (Lipinski definition) is 0. The Labute approximate surface area is 188 Å². The van der Waals surface area contributed by atoms with E-state index in [2.05, 4.69) is 10.2 Å². The van der Waals surface area contributed by atoms with Crippen molar-refractivity contribution >= 4 is 40.0 Å². The van der Waals surface area contributed by atoms with Crippen LogP contribution in [0.1, 0.15) is 25.8 Å². The number of fused-ring (bicyclic) bond motifs is 3. The summed E-state index contributed by atoms with van der Waals surface area (Å²) in [5.74, 6) is 0.687. The van der Waals surface area contributed by atoms with Crippen LogP contribution in [0.3, 0.4) is 0 Å². The summed E-state index contributed by atoms with van der Waals surface area (Å²) in [7, 11) is 0. The van der Waals surface area contributed by atoms with Crippen molar-refractivity contribution in [3.05, 3.63) is 69.2 Å². The number of benzene rings is 2. The maximum Gasteiger partial charge on any atom is 0.262 e. The Kier molecular flexibility index (Phi) is 6.60. The Morgan fingerprint density at radius 3 is 2.81 bits per heavy atom. The summed E-state index contributed by atoms with van der Waals surface area (Å²) in [6, 6.07) is 11.6. The second-order valence-electron chi connectivity index (χ2n) is 7.43. The minimum atomic E-state index is -0.279. The third kappa shape index (κ3) is 4.76. The molecule has 9 heteroatoms. The zero-order chi connectivity index (χ0) is 22.0. The van der Waals surface area contributed by atoms with E-state index in [0.717, 1.165) is 5.56 Å².